The Morgan fingerprint density at radius 2 is 2.00 bits per heavy atom. The summed E-state index contributed by atoms with van der Waals surface area (Å²) in [5.74, 6) is 0. The van der Waals surface area contributed by atoms with E-state index in [0.717, 1.165) is 25.7 Å². The lowest BCUT2D eigenvalue weighted by Gasteiger charge is -2.38. The third kappa shape index (κ3) is 4.20. The molecule has 21 heavy (non-hydrogen) atoms. The van der Waals surface area contributed by atoms with Gasteiger partial charge in [-0.05, 0) is 43.2 Å². The second kappa shape index (κ2) is 6.79. The molecule has 118 valence electrons. The number of fused-ring (bicyclic) bond motifs is 1. The summed E-state index contributed by atoms with van der Waals surface area (Å²) in [7, 11) is 0. The van der Waals surface area contributed by atoms with Crippen LogP contribution in [0, 0.1) is 0 Å². The minimum atomic E-state index is -4.25. The van der Waals surface area contributed by atoms with Gasteiger partial charge in [0.05, 0.1) is 0 Å². The Labute approximate surface area is 123 Å². The van der Waals surface area contributed by atoms with E-state index < -0.39 is 12.8 Å². The second-order valence-corrected chi connectivity index (χ2v) is 5.77. The van der Waals surface area contributed by atoms with E-state index in [2.05, 4.69) is 12.1 Å². The van der Waals surface area contributed by atoms with E-state index in [1.165, 1.54) is 11.1 Å². The number of halogens is 3. The fourth-order valence-corrected chi connectivity index (χ4v) is 3.28. The van der Waals surface area contributed by atoms with Gasteiger partial charge in [0.15, 0.2) is 0 Å². The summed E-state index contributed by atoms with van der Waals surface area (Å²) in [6.07, 6.45) is 0.267. The van der Waals surface area contributed by atoms with E-state index in [1.807, 2.05) is 12.1 Å². The molecule has 1 aromatic carbocycles. The van der Waals surface area contributed by atoms with Crippen molar-refractivity contribution in [3.05, 3.63) is 35.4 Å². The molecule has 0 saturated heterocycles. The number of alkyl halides is 3. The molecule has 0 fully saturated rings. The lowest BCUT2D eigenvalue weighted by molar-refractivity contribution is -0.174. The van der Waals surface area contributed by atoms with E-state index in [9.17, 15) is 13.2 Å². The first-order chi connectivity index (χ1) is 9.97. The van der Waals surface area contributed by atoms with E-state index in [4.69, 9.17) is 10.5 Å². The van der Waals surface area contributed by atoms with Crippen molar-refractivity contribution in [1.82, 2.24) is 0 Å². The smallest absolute Gasteiger partial charge is 0.372 e. The van der Waals surface area contributed by atoms with Gasteiger partial charge in [-0.25, -0.2) is 0 Å². The third-order valence-electron chi connectivity index (χ3n) is 4.29. The highest BCUT2D eigenvalue weighted by Crippen LogP contribution is 2.40. The molecule has 0 bridgehead atoms. The number of hydrogen-bond donors (Lipinski definition) is 1. The number of ether oxygens (including phenoxy) is 1. The number of aryl methyl sites for hydroxylation is 1. The lowest BCUT2D eigenvalue weighted by atomic mass is 9.67. The molecular formula is C16H22F3NO. The van der Waals surface area contributed by atoms with Gasteiger partial charge in [-0.3, -0.25) is 0 Å². The van der Waals surface area contributed by atoms with Crippen molar-refractivity contribution in [3.8, 4) is 0 Å². The van der Waals surface area contributed by atoms with Gasteiger partial charge >= 0.3 is 6.18 Å². The first-order valence-corrected chi connectivity index (χ1v) is 7.40. The van der Waals surface area contributed by atoms with Crippen LogP contribution >= 0.6 is 0 Å². The van der Waals surface area contributed by atoms with E-state index in [1.54, 1.807) is 0 Å². The van der Waals surface area contributed by atoms with E-state index in [-0.39, 0.29) is 12.0 Å². The third-order valence-corrected chi connectivity index (χ3v) is 4.29. The van der Waals surface area contributed by atoms with Gasteiger partial charge in [0.2, 0.25) is 0 Å². The number of benzene rings is 1. The van der Waals surface area contributed by atoms with E-state index >= 15 is 0 Å². The quantitative estimate of drug-likeness (QED) is 0.815. The number of hydrogen-bond acceptors (Lipinski definition) is 2. The van der Waals surface area contributed by atoms with Crippen molar-refractivity contribution < 1.29 is 17.9 Å². The van der Waals surface area contributed by atoms with E-state index in [0.29, 0.717) is 13.0 Å². The van der Waals surface area contributed by atoms with Crippen molar-refractivity contribution in [2.75, 3.05) is 19.8 Å². The average molecular weight is 301 g/mol. The highest BCUT2D eigenvalue weighted by molar-refractivity contribution is 5.37. The van der Waals surface area contributed by atoms with Crippen LogP contribution in [0.15, 0.2) is 24.3 Å². The Bertz CT molecular complexity index is 461. The largest absolute Gasteiger partial charge is 0.411 e. The Kier molecular flexibility index (Phi) is 5.27. The van der Waals surface area contributed by atoms with Crippen LogP contribution in [0.3, 0.4) is 0 Å². The molecule has 0 aromatic heterocycles. The highest BCUT2D eigenvalue weighted by atomic mass is 19.4. The molecule has 2 rings (SSSR count). The lowest BCUT2D eigenvalue weighted by Crippen LogP contribution is -2.38. The number of nitrogens with two attached hydrogens (primary N) is 1. The monoisotopic (exact) mass is 301 g/mol. The molecular weight excluding hydrogens is 279 g/mol. The Hall–Kier alpha value is -1.07. The molecule has 0 amide bonds. The Balaban J connectivity index is 1.94. The van der Waals surface area contributed by atoms with Crippen LogP contribution in [-0.2, 0) is 16.6 Å². The molecule has 0 heterocycles. The van der Waals surface area contributed by atoms with Gasteiger partial charge in [-0.15, -0.1) is 0 Å². The summed E-state index contributed by atoms with van der Waals surface area (Å²) in [6, 6.07) is 8.27. The maximum atomic E-state index is 12.0. The van der Waals surface area contributed by atoms with Crippen molar-refractivity contribution in [2.45, 2.75) is 43.7 Å². The molecule has 1 unspecified atom stereocenters. The van der Waals surface area contributed by atoms with Crippen molar-refractivity contribution >= 4 is 0 Å². The van der Waals surface area contributed by atoms with Crippen molar-refractivity contribution in [2.24, 2.45) is 5.73 Å². The van der Waals surface area contributed by atoms with Crippen LogP contribution in [0.5, 0.6) is 0 Å². The molecule has 0 saturated carbocycles. The van der Waals surface area contributed by atoms with Crippen LogP contribution < -0.4 is 5.73 Å². The first-order valence-electron chi connectivity index (χ1n) is 7.40. The molecule has 1 aliphatic carbocycles. The molecule has 0 aliphatic heterocycles. The van der Waals surface area contributed by atoms with Gasteiger partial charge in [0.1, 0.15) is 6.61 Å². The molecule has 2 N–H and O–H groups in total. The van der Waals surface area contributed by atoms with Crippen LogP contribution in [-0.4, -0.2) is 25.9 Å². The fourth-order valence-electron chi connectivity index (χ4n) is 3.28. The predicted octanol–water partition coefficient (Wildman–Crippen LogP) is 3.58. The average Bonchev–Trinajstić information content (AvgIpc) is 2.46. The van der Waals surface area contributed by atoms with Gasteiger partial charge in [0, 0.05) is 18.6 Å². The number of rotatable bonds is 6. The molecule has 1 aliphatic rings. The minimum absolute atomic E-state index is 0.101. The molecule has 1 aromatic rings. The Morgan fingerprint density at radius 1 is 1.24 bits per heavy atom. The van der Waals surface area contributed by atoms with Crippen LogP contribution in [0.4, 0.5) is 13.2 Å². The predicted molar refractivity (Wildman–Crippen MR) is 76.2 cm³/mol. The topological polar surface area (TPSA) is 35.2 Å². The summed E-state index contributed by atoms with van der Waals surface area (Å²) < 4.78 is 40.8. The standard InChI is InChI=1S/C16H22F3NO/c17-16(18,19)12-21-10-4-9-15(11-20)8-3-6-13-5-1-2-7-14(13)15/h1-2,5,7H,3-4,6,8-12,20H2. The zero-order chi connectivity index (χ0) is 15.3. The maximum Gasteiger partial charge on any atom is 0.411 e. The first kappa shape index (κ1) is 16.3. The molecule has 2 nitrogen and oxygen atoms in total. The zero-order valence-corrected chi connectivity index (χ0v) is 12.1. The molecule has 5 heteroatoms. The van der Waals surface area contributed by atoms with Gasteiger partial charge in [-0.1, -0.05) is 24.3 Å². The van der Waals surface area contributed by atoms with Gasteiger partial charge in [-0.2, -0.15) is 13.2 Å². The molecule has 0 spiro atoms. The van der Waals surface area contributed by atoms with Crippen LogP contribution in [0.2, 0.25) is 0 Å². The van der Waals surface area contributed by atoms with Gasteiger partial charge in [0.25, 0.3) is 0 Å². The molecule has 1 atom stereocenters. The van der Waals surface area contributed by atoms with Crippen LogP contribution in [0.25, 0.3) is 0 Å². The summed E-state index contributed by atoms with van der Waals surface area (Å²) in [4.78, 5) is 0. The zero-order valence-electron chi connectivity index (χ0n) is 12.1. The summed E-state index contributed by atoms with van der Waals surface area (Å²) in [5, 5.41) is 0. The fraction of sp³-hybridized carbons (Fsp3) is 0.625. The summed E-state index contributed by atoms with van der Waals surface area (Å²) >= 11 is 0. The van der Waals surface area contributed by atoms with Crippen molar-refractivity contribution in [1.29, 1.82) is 0 Å². The normalized spacial score (nSPS) is 22.1. The molecule has 0 radical (unpaired) electrons. The van der Waals surface area contributed by atoms with Crippen LogP contribution in [0.1, 0.15) is 36.8 Å². The second-order valence-electron chi connectivity index (χ2n) is 5.77. The van der Waals surface area contributed by atoms with Crippen molar-refractivity contribution in [3.63, 3.8) is 0 Å². The minimum Gasteiger partial charge on any atom is -0.372 e. The Morgan fingerprint density at radius 3 is 2.71 bits per heavy atom. The summed E-state index contributed by atoms with van der Waals surface area (Å²) in [5.41, 5.74) is 8.51. The summed E-state index contributed by atoms with van der Waals surface area (Å²) in [6.45, 7) is -0.508. The maximum absolute atomic E-state index is 12.0. The van der Waals surface area contributed by atoms with Gasteiger partial charge < -0.3 is 10.5 Å². The highest BCUT2D eigenvalue weighted by Gasteiger charge is 2.34. The SMILES string of the molecule is NCC1(CCCOCC(F)(F)F)CCCc2ccccc21.